The summed E-state index contributed by atoms with van der Waals surface area (Å²) in [5.41, 5.74) is 0. The first-order valence-electron chi connectivity index (χ1n) is 2.34. The summed E-state index contributed by atoms with van der Waals surface area (Å²) < 4.78 is 6.06. The predicted molar refractivity (Wildman–Crippen MR) is 36.6 cm³/mol. The van der Waals surface area contributed by atoms with Gasteiger partial charge in [0.15, 0.2) is 0 Å². The van der Waals surface area contributed by atoms with Gasteiger partial charge in [0.1, 0.15) is 6.23 Å². The van der Waals surface area contributed by atoms with Crippen LogP contribution in [0.5, 0.6) is 0 Å². The number of rotatable bonds is 3. The Bertz CT molecular complexity index is 55.7. The lowest BCUT2D eigenvalue weighted by Crippen LogP contribution is -2.19. The molecule has 2 nitrogen and oxygen atoms in total. The van der Waals surface area contributed by atoms with Crippen molar-refractivity contribution in [3.63, 3.8) is 0 Å². The first kappa shape index (κ1) is 5.78. The van der Waals surface area contributed by atoms with Crippen LogP contribution in [0.25, 0.3) is 0 Å². The Hall–Kier alpha value is 0.650. The molecule has 1 rings (SSSR count). The van der Waals surface area contributed by atoms with Gasteiger partial charge in [-0.25, -0.2) is 0 Å². The molecule has 1 N–H and O–H groups in total. The largest absolute Gasteiger partial charge is 0.357 e. The predicted octanol–water partition coefficient (Wildman–Crippen LogP) is 0.367. The first-order chi connectivity index (χ1) is 3.43. The fraction of sp³-hybridized carbons (Fsp3) is 1.00. The van der Waals surface area contributed by atoms with Crippen LogP contribution in [0.4, 0.5) is 0 Å². The van der Waals surface area contributed by atoms with Crippen molar-refractivity contribution in [3.05, 3.63) is 0 Å². The summed E-state index contributed by atoms with van der Waals surface area (Å²) in [5.74, 6) is 0. The maximum atomic E-state index is 4.90. The van der Waals surface area contributed by atoms with Gasteiger partial charge in [0, 0.05) is 11.0 Å². The zero-order chi connectivity index (χ0) is 5.11. The van der Waals surface area contributed by atoms with Gasteiger partial charge in [0.05, 0.1) is 6.61 Å². The Morgan fingerprint density at radius 2 is 2.57 bits per heavy atom. The maximum absolute atomic E-state index is 4.90. The molecule has 1 aliphatic heterocycles. The zero-order valence-corrected chi connectivity index (χ0v) is 6.14. The highest BCUT2D eigenvalue weighted by Crippen LogP contribution is 2.02. The fourth-order valence-corrected chi connectivity index (χ4v) is 0.693. The third-order valence-electron chi connectivity index (χ3n) is 0.800. The van der Waals surface area contributed by atoms with Crippen LogP contribution in [0, 0.1) is 0 Å². The topological polar surface area (TPSA) is 24.6 Å². The van der Waals surface area contributed by atoms with Crippen LogP contribution >= 0.6 is 22.6 Å². The molecule has 0 amide bonds. The number of halogens is 1. The summed E-state index contributed by atoms with van der Waals surface area (Å²) in [6.45, 7) is 1.99. The van der Waals surface area contributed by atoms with Crippen LogP contribution < -0.4 is 5.32 Å². The van der Waals surface area contributed by atoms with Gasteiger partial charge in [0.2, 0.25) is 0 Å². The molecule has 1 unspecified atom stereocenters. The molecular weight excluding hydrogens is 205 g/mol. The van der Waals surface area contributed by atoms with Gasteiger partial charge < -0.3 is 4.74 Å². The Balaban J connectivity index is 1.80. The number of hydrogen-bond donors (Lipinski definition) is 1. The van der Waals surface area contributed by atoms with Crippen molar-refractivity contribution in [2.45, 2.75) is 6.23 Å². The Morgan fingerprint density at radius 3 is 3.00 bits per heavy atom. The lowest BCUT2D eigenvalue weighted by Gasteiger charge is -1.90. The minimum Gasteiger partial charge on any atom is -0.357 e. The van der Waals surface area contributed by atoms with E-state index in [1.165, 1.54) is 0 Å². The molecule has 1 heterocycles. The fourth-order valence-electron chi connectivity index (χ4n) is 0.382. The van der Waals surface area contributed by atoms with Crippen molar-refractivity contribution in [2.24, 2.45) is 0 Å². The second kappa shape index (κ2) is 2.84. The maximum Gasteiger partial charge on any atom is 0.132 e. The van der Waals surface area contributed by atoms with Crippen LogP contribution in [0.3, 0.4) is 0 Å². The van der Waals surface area contributed by atoms with Crippen LogP contribution in [-0.2, 0) is 4.74 Å². The van der Waals surface area contributed by atoms with Gasteiger partial charge in [-0.15, -0.1) is 0 Å². The number of hydrogen-bond acceptors (Lipinski definition) is 2. The van der Waals surface area contributed by atoms with Crippen molar-refractivity contribution in [1.82, 2.24) is 5.32 Å². The van der Waals surface area contributed by atoms with E-state index in [1.54, 1.807) is 0 Å². The first-order valence-corrected chi connectivity index (χ1v) is 3.87. The van der Waals surface area contributed by atoms with E-state index >= 15 is 0 Å². The summed E-state index contributed by atoms with van der Waals surface area (Å²) in [7, 11) is 0. The normalized spacial score (nSPS) is 27.9. The second-order valence-corrected chi connectivity index (χ2v) is 2.54. The van der Waals surface area contributed by atoms with Gasteiger partial charge in [-0.1, -0.05) is 22.6 Å². The number of nitrogens with one attached hydrogen (secondary N) is 1. The summed E-state index contributed by atoms with van der Waals surface area (Å²) in [5, 5.41) is 3.18. The van der Waals surface area contributed by atoms with Crippen LogP contribution in [0.15, 0.2) is 0 Å². The van der Waals surface area contributed by atoms with Crippen molar-refractivity contribution in [3.8, 4) is 0 Å². The summed E-state index contributed by atoms with van der Waals surface area (Å²) in [6, 6.07) is 0. The molecular formula is C4H8INO. The molecule has 1 aliphatic rings. The number of ether oxygens (including phenoxy) is 1. The molecule has 0 spiro atoms. The molecule has 0 aromatic heterocycles. The van der Waals surface area contributed by atoms with E-state index in [1.807, 2.05) is 0 Å². The average molecular weight is 213 g/mol. The van der Waals surface area contributed by atoms with Gasteiger partial charge in [-0.3, -0.25) is 5.32 Å². The van der Waals surface area contributed by atoms with E-state index in [4.69, 9.17) is 4.74 Å². The monoisotopic (exact) mass is 213 g/mol. The van der Waals surface area contributed by atoms with E-state index in [9.17, 15) is 0 Å². The third-order valence-corrected chi connectivity index (χ3v) is 1.34. The quantitative estimate of drug-likeness (QED) is 0.416. The Kier molecular flexibility index (Phi) is 2.34. The molecule has 0 radical (unpaired) electrons. The molecule has 1 saturated heterocycles. The summed E-state index contributed by atoms with van der Waals surface area (Å²) in [4.78, 5) is 0. The van der Waals surface area contributed by atoms with Gasteiger partial charge in [-0.2, -0.15) is 0 Å². The molecule has 0 aliphatic carbocycles. The molecule has 1 fully saturated rings. The minimum absolute atomic E-state index is 0.398. The van der Waals surface area contributed by atoms with Gasteiger partial charge in [-0.05, 0) is 0 Å². The third kappa shape index (κ3) is 2.46. The van der Waals surface area contributed by atoms with Crippen molar-refractivity contribution in [1.29, 1.82) is 0 Å². The van der Waals surface area contributed by atoms with E-state index in [0.29, 0.717) is 6.23 Å². The smallest absolute Gasteiger partial charge is 0.132 e. The molecule has 0 bridgehead atoms. The van der Waals surface area contributed by atoms with E-state index < -0.39 is 0 Å². The van der Waals surface area contributed by atoms with E-state index in [-0.39, 0.29) is 0 Å². The van der Waals surface area contributed by atoms with Crippen molar-refractivity contribution < 1.29 is 4.74 Å². The van der Waals surface area contributed by atoms with Crippen LogP contribution in [-0.4, -0.2) is 23.8 Å². The highest BCUT2D eigenvalue weighted by atomic mass is 127. The zero-order valence-electron chi connectivity index (χ0n) is 3.98. The molecule has 7 heavy (non-hydrogen) atoms. The number of epoxide rings is 1. The minimum atomic E-state index is 0.398. The SMILES string of the molecule is ICCNC1CO1. The highest BCUT2D eigenvalue weighted by molar-refractivity contribution is 14.1. The molecule has 42 valence electrons. The molecule has 1 atom stereocenters. The molecule has 0 aromatic rings. The Morgan fingerprint density at radius 1 is 1.86 bits per heavy atom. The molecule has 0 aromatic carbocycles. The lowest BCUT2D eigenvalue weighted by molar-refractivity contribution is 0.375. The lowest BCUT2D eigenvalue weighted by atomic mass is 10.7. The average Bonchev–Trinajstić information content (AvgIpc) is 2.42. The van der Waals surface area contributed by atoms with E-state index in [2.05, 4.69) is 27.9 Å². The summed E-state index contributed by atoms with van der Waals surface area (Å²) >= 11 is 2.33. The van der Waals surface area contributed by atoms with Crippen molar-refractivity contribution >= 4 is 22.6 Å². The van der Waals surface area contributed by atoms with Gasteiger partial charge >= 0.3 is 0 Å². The van der Waals surface area contributed by atoms with Crippen molar-refractivity contribution in [2.75, 3.05) is 17.6 Å². The van der Waals surface area contributed by atoms with Crippen LogP contribution in [0.2, 0.25) is 0 Å². The standard InChI is InChI=1S/C4H8INO/c5-1-2-6-4-3-7-4/h4,6H,1-3H2. The second-order valence-electron chi connectivity index (χ2n) is 1.47. The van der Waals surface area contributed by atoms with E-state index in [0.717, 1.165) is 17.6 Å². The molecule has 3 heteroatoms. The highest BCUT2D eigenvalue weighted by Gasteiger charge is 2.19. The molecule has 0 saturated carbocycles. The Labute approximate surface area is 56.8 Å². The van der Waals surface area contributed by atoms with Gasteiger partial charge in [0.25, 0.3) is 0 Å². The summed E-state index contributed by atoms with van der Waals surface area (Å²) in [6.07, 6.45) is 0.398. The van der Waals surface area contributed by atoms with Crippen LogP contribution in [0.1, 0.15) is 0 Å². The number of alkyl halides is 1.